The summed E-state index contributed by atoms with van der Waals surface area (Å²) in [4.78, 5) is 24.1. The van der Waals surface area contributed by atoms with E-state index in [1.165, 1.54) is 11.9 Å². The Labute approximate surface area is 97.0 Å². The fourth-order valence-electron chi connectivity index (χ4n) is 2.13. The van der Waals surface area contributed by atoms with Crippen LogP contribution >= 0.6 is 0 Å². The number of likely N-dealkylation sites (N-methyl/N-ethyl adjacent to an activating group) is 1. The van der Waals surface area contributed by atoms with Gasteiger partial charge in [0, 0.05) is 35.4 Å². The molecule has 0 bridgehead atoms. The molecule has 2 rings (SSSR count). The Kier molecular flexibility index (Phi) is 3.39. The van der Waals surface area contributed by atoms with E-state index in [1.807, 2.05) is 0 Å². The molecule has 1 unspecified atom stereocenters. The predicted molar refractivity (Wildman–Crippen MR) is 60.2 cm³/mol. The van der Waals surface area contributed by atoms with Crippen molar-refractivity contribution in [2.75, 3.05) is 18.6 Å². The van der Waals surface area contributed by atoms with Crippen LogP contribution in [0.1, 0.15) is 19.3 Å². The summed E-state index contributed by atoms with van der Waals surface area (Å²) in [5.41, 5.74) is 0. The summed E-state index contributed by atoms with van der Waals surface area (Å²) in [6, 6.07) is -0.139. The van der Waals surface area contributed by atoms with Gasteiger partial charge in [0.25, 0.3) is 0 Å². The fraction of sp³-hybridized carbons (Fsp3) is 0.800. The summed E-state index contributed by atoms with van der Waals surface area (Å²) in [6.45, 7) is 0. The number of likely N-dealkylation sites (tertiary alicyclic amines) is 1. The van der Waals surface area contributed by atoms with Gasteiger partial charge in [-0.05, 0) is 12.8 Å². The standard InChI is InChI=1S/C10H16N2O3S/c1-12-9(13)6-8(10(12)14)11-7-2-4-16(15)5-3-7/h7-8,11H,2-6H2,1H3. The minimum Gasteiger partial charge on any atom is -0.303 e. The number of rotatable bonds is 2. The lowest BCUT2D eigenvalue weighted by Crippen LogP contribution is -2.45. The van der Waals surface area contributed by atoms with E-state index in [-0.39, 0.29) is 30.3 Å². The maximum Gasteiger partial charge on any atom is 0.246 e. The molecule has 1 atom stereocenters. The van der Waals surface area contributed by atoms with E-state index in [0.29, 0.717) is 11.5 Å². The van der Waals surface area contributed by atoms with E-state index in [4.69, 9.17) is 0 Å². The highest BCUT2D eigenvalue weighted by Gasteiger charge is 2.37. The molecular formula is C10H16N2O3S. The lowest BCUT2D eigenvalue weighted by Gasteiger charge is -2.24. The second-order valence-electron chi connectivity index (χ2n) is 4.34. The fourth-order valence-corrected chi connectivity index (χ4v) is 3.43. The van der Waals surface area contributed by atoms with Crippen LogP contribution in [0.2, 0.25) is 0 Å². The van der Waals surface area contributed by atoms with Gasteiger partial charge in [0.05, 0.1) is 12.5 Å². The van der Waals surface area contributed by atoms with Crippen molar-refractivity contribution in [3.05, 3.63) is 0 Å². The summed E-state index contributed by atoms with van der Waals surface area (Å²) >= 11 is 0. The SMILES string of the molecule is CN1C(=O)CC(NC2CCS(=O)CC2)C1=O. The minimum atomic E-state index is -0.689. The van der Waals surface area contributed by atoms with Crippen LogP contribution in [0.5, 0.6) is 0 Å². The number of carbonyl (C=O) groups is 2. The molecule has 0 aliphatic carbocycles. The van der Waals surface area contributed by atoms with Gasteiger partial charge >= 0.3 is 0 Å². The number of amides is 2. The third-order valence-corrected chi connectivity index (χ3v) is 4.59. The van der Waals surface area contributed by atoms with Gasteiger partial charge in [-0.15, -0.1) is 0 Å². The van der Waals surface area contributed by atoms with Gasteiger partial charge in [-0.25, -0.2) is 0 Å². The van der Waals surface area contributed by atoms with Crippen LogP contribution in [-0.4, -0.2) is 51.6 Å². The summed E-state index contributed by atoms with van der Waals surface area (Å²) in [7, 11) is 0.827. The Morgan fingerprint density at radius 2 is 1.94 bits per heavy atom. The van der Waals surface area contributed by atoms with Crippen LogP contribution in [0.25, 0.3) is 0 Å². The minimum absolute atomic E-state index is 0.123. The number of imide groups is 1. The third-order valence-electron chi connectivity index (χ3n) is 3.21. The molecule has 6 heteroatoms. The zero-order valence-corrected chi connectivity index (χ0v) is 10.1. The Balaban J connectivity index is 1.89. The number of carbonyl (C=O) groups excluding carboxylic acids is 2. The van der Waals surface area contributed by atoms with Crippen molar-refractivity contribution in [3.63, 3.8) is 0 Å². The second kappa shape index (κ2) is 4.63. The highest BCUT2D eigenvalue weighted by molar-refractivity contribution is 7.85. The van der Waals surface area contributed by atoms with Crippen molar-refractivity contribution in [2.45, 2.75) is 31.3 Å². The summed E-state index contributed by atoms with van der Waals surface area (Å²) in [6.07, 6.45) is 1.91. The molecule has 5 nitrogen and oxygen atoms in total. The Hall–Kier alpha value is -0.750. The lowest BCUT2D eigenvalue weighted by molar-refractivity contribution is -0.137. The molecule has 2 fully saturated rings. The lowest BCUT2D eigenvalue weighted by atomic mass is 10.1. The zero-order chi connectivity index (χ0) is 11.7. The predicted octanol–water partition coefficient (Wildman–Crippen LogP) is -0.756. The van der Waals surface area contributed by atoms with Crippen LogP contribution < -0.4 is 5.32 Å². The van der Waals surface area contributed by atoms with Gasteiger partial charge in [-0.3, -0.25) is 18.7 Å². The highest BCUT2D eigenvalue weighted by atomic mass is 32.2. The molecule has 0 radical (unpaired) electrons. The number of nitrogens with one attached hydrogen (secondary N) is 1. The molecule has 2 amide bonds. The van der Waals surface area contributed by atoms with Crippen LogP contribution in [0.4, 0.5) is 0 Å². The first-order valence-corrected chi connectivity index (χ1v) is 6.98. The van der Waals surface area contributed by atoms with Crippen LogP contribution in [0.15, 0.2) is 0 Å². The van der Waals surface area contributed by atoms with E-state index >= 15 is 0 Å². The van der Waals surface area contributed by atoms with Crippen molar-refractivity contribution in [3.8, 4) is 0 Å². The third kappa shape index (κ3) is 2.32. The molecule has 2 aliphatic rings. The van der Waals surface area contributed by atoms with Crippen LogP contribution in [0, 0.1) is 0 Å². The Morgan fingerprint density at radius 1 is 1.31 bits per heavy atom. The van der Waals surface area contributed by atoms with Gasteiger partial charge in [-0.2, -0.15) is 0 Å². The van der Waals surface area contributed by atoms with E-state index in [9.17, 15) is 13.8 Å². The second-order valence-corrected chi connectivity index (χ2v) is 6.03. The average molecular weight is 244 g/mol. The van der Waals surface area contributed by atoms with Gasteiger partial charge in [0.1, 0.15) is 0 Å². The van der Waals surface area contributed by atoms with Crippen molar-refractivity contribution in [2.24, 2.45) is 0 Å². The molecule has 1 N–H and O–H groups in total. The first-order chi connectivity index (χ1) is 7.58. The van der Waals surface area contributed by atoms with Crippen LogP contribution in [0.3, 0.4) is 0 Å². The summed E-state index contributed by atoms with van der Waals surface area (Å²) < 4.78 is 11.2. The first-order valence-electron chi connectivity index (χ1n) is 5.49. The van der Waals surface area contributed by atoms with Gasteiger partial charge in [0.2, 0.25) is 11.8 Å². The summed E-state index contributed by atoms with van der Waals surface area (Å²) in [5.74, 6) is 1.13. The molecule has 2 heterocycles. The quantitative estimate of drug-likeness (QED) is 0.649. The van der Waals surface area contributed by atoms with E-state index in [0.717, 1.165) is 12.8 Å². The van der Waals surface area contributed by atoms with Gasteiger partial charge in [-0.1, -0.05) is 0 Å². The number of nitrogens with zero attached hydrogens (tertiary/aromatic N) is 1. The Morgan fingerprint density at radius 3 is 2.44 bits per heavy atom. The topological polar surface area (TPSA) is 66.5 Å². The largest absolute Gasteiger partial charge is 0.303 e. The van der Waals surface area contributed by atoms with E-state index < -0.39 is 10.8 Å². The molecule has 0 aromatic heterocycles. The molecular weight excluding hydrogens is 228 g/mol. The molecule has 0 aromatic rings. The molecule has 90 valence electrons. The van der Waals surface area contributed by atoms with Crippen molar-refractivity contribution < 1.29 is 13.8 Å². The zero-order valence-electron chi connectivity index (χ0n) is 9.27. The maximum atomic E-state index is 11.6. The molecule has 0 spiro atoms. The monoisotopic (exact) mass is 244 g/mol. The number of hydrogen-bond donors (Lipinski definition) is 1. The maximum absolute atomic E-state index is 11.6. The highest BCUT2D eigenvalue weighted by Crippen LogP contribution is 2.15. The molecule has 16 heavy (non-hydrogen) atoms. The molecule has 2 saturated heterocycles. The molecule has 0 saturated carbocycles. The Bertz CT molecular complexity index is 335. The molecule has 0 aromatic carbocycles. The number of hydrogen-bond acceptors (Lipinski definition) is 4. The first kappa shape index (κ1) is 11.7. The van der Waals surface area contributed by atoms with E-state index in [1.54, 1.807) is 0 Å². The smallest absolute Gasteiger partial charge is 0.246 e. The van der Waals surface area contributed by atoms with Crippen molar-refractivity contribution >= 4 is 22.6 Å². The van der Waals surface area contributed by atoms with Gasteiger partial charge in [0.15, 0.2) is 0 Å². The summed E-state index contributed by atoms with van der Waals surface area (Å²) in [5, 5.41) is 3.20. The molecule has 2 aliphatic heterocycles. The van der Waals surface area contributed by atoms with Crippen molar-refractivity contribution in [1.82, 2.24) is 10.2 Å². The van der Waals surface area contributed by atoms with Crippen molar-refractivity contribution in [1.29, 1.82) is 0 Å². The van der Waals surface area contributed by atoms with Gasteiger partial charge < -0.3 is 5.32 Å². The van der Waals surface area contributed by atoms with E-state index in [2.05, 4.69) is 5.32 Å². The normalized spacial score (nSPS) is 35.8. The average Bonchev–Trinajstić information content (AvgIpc) is 2.50. The van der Waals surface area contributed by atoms with Crippen LogP contribution in [-0.2, 0) is 20.4 Å².